The number of rotatable bonds is 1. The average molecular weight is 140 g/mol. The van der Waals surface area contributed by atoms with E-state index in [-0.39, 0.29) is 5.54 Å². The molecule has 0 radical (unpaired) electrons. The molecule has 2 nitrogen and oxygen atoms in total. The Hall–Kier alpha value is -0.0800. The third-order valence-corrected chi connectivity index (χ3v) is 2.60. The summed E-state index contributed by atoms with van der Waals surface area (Å²) >= 11 is 0. The summed E-state index contributed by atoms with van der Waals surface area (Å²) in [6.45, 7) is 4.52. The summed E-state index contributed by atoms with van der Waals surface area (Å²) in [6, 6.07) is 0.908. The lowest BCUT2D eigenvalue weighted by molar-refractivity contribution is 0.307. The summed E-state index contributed by atoms with van der Waals surface area (Å²) < 4.78 is 0. The molecule has 2 aliphatic rings. The number of nitrogens with zero attached hydrogens (tertiary/aromatic N) is 1. The zero-order valence-electron chi connectivity index (χ0n) is 6.64. The molecule has 1 heterocycles. The van der Waals surface area contributed by atoms with Crippen molar-refractivity contribution in [3.8, 4) is 0 Å². The first kappa shape index (κ1) is 6.62. The highest BCUT2D eigenvalue weighted by molar-refractivity contribution is 4.96. The number of hydrogen-bond donors (Lipinski definition) is 1. The predicted molar refractivity (Wildman–Crippen MR) is 41.8 cm³/mol. The largest absolute Gasteiger partial charge is 0.324 e. The quantitative estimate of drug-likeness (QED) is 0.577. The molecule has 0 aromatic heterocycles. The SMILES string of the molecule is CC1(N)CCN(C2CC2)C1. The van der Waals surface area contributed by atoms with Gasteiger partial charge in [-0.05, 0) is 26.2 Å². The van der Waals surface area contributed by atoms with Gasteiger partial charge in [-0.2, -0.15) is 0 Å². The van der Waals surface area contributed by atoms with Crippen LogP contribution in [0.4, 0.5) is 0 Å². The summed E-state index contributed by atoms with van der Waals surface area (Å²) in [5.41, 5.74) is 6.11. The van der Waals surface area contributed by atoms with E-state index < -0.39 is 0 Å². The van der Waals surface area contributed by atoms with E-state index in [1.54, 1.807) is 0 Å². The molecule has 0 aromatic rings. The van der Waals surface area contributed by atoms with E-state index in [9.17, 15) is 0 Å². The fourth-order valence-electron chi connectivity index (χ4n) is 1.77. The maximum atomic E-state index is 5.99. The van der Waals surface area contributed by atoms with Gasteiger partial charge in [-0.25, -0.2) is 0 Å². The second-order valence-corrected chi connectivity index (χ2v) is 4.11. The maximum Gasteiger partial charge on any atom is 0.0267 e. The van der Waals surface area contributed by atoms with Crippen molar-refractivity contribution in [3.63, 3.8) is 0 Å². The van der Waals surface area contributed by atoms with Gasteiger partial charge < -0.3 is 5.73 Å². The lowest BCUT2D eigenvalue weighted by Gasteiger charge is -2.18. The Kier molecular flexibility index (Phi) is 1.29. The molecule has 1 aliphatic heterocycles. The monoisotopic (exact) mass is 140 g/mol. The first-order chi connectivity index (χ1) is 4.67. The second kappa shape index (κ2) is 1.95. The Morgan fingerprint density at radius 3 is 2.60 bits per heavy atom. The van der Waals surface area contributed by atoms with E-state index >= 15 is 0 Å². The highest BCUT2D eigenvalue weighted by Crippen LogP contribution is 2.32. The van der Waals surface area contributed by atoms with Gasteiger partial charge in [-0.1, -0.05) is 0 Å². The summed E-state index contributed by atoms with van der Waals surface area (Å²) in [5.74, 6) is 0. The van der Waals surface area contributed by atoms with Crippen molar-refractivity contribution in [1.82, 2.24) is 4.90 Å². The van der Waals surface area contributed by atoms with Gasteiger partial charge in [0.25, 0.3) is 0 Å². The molecule has 2 N–H and O–H groups in total. The minimum Gasteiger partial charge on any atom is -0.324 e. The van der Waals surface area contributed by atoms with Gasteiger partial charge in [0.1, 0.15) is 0 Å². The smallest absolute Gasteiger partial charge is 0.0267 e. The minimum atomic E-state index is 0.114. The molecule has 0 spiro atoms. The molecule has 2 fully saturated rings. The van der Waals surface area contributed by atoms with Gasteiger partial charge in [-0.3, -0.25) is 4.90 Å². The molecule has 2 rings (SSSR count). The molecule has 1 aliphatic carbocycles. The van der Waals surface area contributed by atoms with Crippen LogP contribution in [0.5, 0.6) is 0 Å². The predicted octanol–water partition coefficient (Wildman–Crippen LogP) is 0.572. The van der Waals surface area contributed by atoms with Crippen molar-refractivity contribution in [2.45, 2.75) is 37.8 Å². The summed E-state index contributed by atoms with van der Waals surface area (Å²) in [6.07, 6.45) is 4.01. The van der Waals surface area contributed by atoms with Gasteiger partial charge in [0.05, 0.1) is 0 Å². The van der Waals surface area contributed by atoms with Crippen molar-refractivity contribution in [2.24, 2.45) is 5.73 Å². The first-order valence-corrected chi connectivity index (χ1v) is 4.20. The number of likely N-dealkylation sites (tertiary alicyclic amines) is 1. The molecule has 1 atom stereocenters. The molecule has 2 heteroatoms. The van der Waals surface area contributed by atoms with Gasteiger partial charge in [0.2, 0.25) is 0 Å². The molecule has 10 heavy (non-hydrogen) atoms. The van der Waals surface area contributed by atoms with Crippen molar-refractivity contribution in [1.29, 1.82) is 0 Å². The van der Waals surface area contributed by atoms with Crippen LogP contribution < -0.4 is 5.73 Å². The zero-order valence-corrected chi connectivity index (χ0v) is 6.64. The van der Waals surface area contributed by atoms with Crippen molar-refractivity contribution in [3.05, 3.63) is 0 Å². The summed E-state index contributed by atoms with van der Waals surface area (Å²) in [4.78, 5) is 2.54. The van der Waals surface area contributed by atoms with Crippen LogP contribution in [-0.4, -0.2) is 29.6 Å². The van der Waals surface area contributed by atoms with Gasteiger partial charge in [-0.15, -0.1) is 0 Å². The van der Waals surface area contributed by atoms with E-state index in [0.29, 0.717) is 0 Å². The normalized spacial score (nSPS) is 42.6. The van der Waals surface area contributed by atoms with E-state index in [4.69, 9.17) is 5.73 Å². The third kappa shape index (κ3) is 1.18. The molecule has 0 bridgehead atoms. The fourth-order valence-corrected chi connectivity index (χ4v) is 1.77. The highest BCUT2D eigenvalue weighted by atomic mass is 15.2. The molecule has 1 saturated carbocycles. The van der Waals surface area contributed by atoms with Gasteiger partial charge >= 0.3 is 0 Å². The van der Waals surface area contributed by atoms with E-state index in [1.807, 2.05) is 0 Å². The summed E-state index contributed by atoms with van der Waals surface area (Å²) in [5, 5.41) is 0. The lowest BCUT2D eigenvalue weighted by Crippen LogP contribution is -2.39. The van der Waals surface area contributed by atoms with Crippen LogP contribution >= 0.6 is 0 Å². The third-order valence-electron chi connectivity index (χ3n) is 2.60. The zero-order chi connectivity index (χ0) is 7.19. The number of hydrogen-bond acceptors (Lipinski definition) is 2. The average Bonchev–Trinajstić information content (AvgIpc) is 2.59. The van der Waals surface area contributed by atoms with Crippen LogP contribution in [0.15, 0.2) is 0 Å². The molecule has 0 amide bonds. The van der Waals surface area contributed by atoms with Crippen LogP contribution in [-0.2, 0) is 0 Å². The highest BCUT2D eigenvalue weighted by Gasteiger charge is 2.37. The minimum absolute atomic E-state index is 0.114. The van der Waals surface area contributed by atoms with Crippen molar-refractivity contribution >= 4 is 0 Å². The van der Waals surface area contributed by atoms with E-state index in [0.717, 1.165) is 12.6 Å². The Labute approximate surface area is 62.4 Å². The molecular weight excluding hydrogens is 124 g/mol. The number of nitrogens with two attached hydrogens (primary N) is 1. The van der Waals surface area contributed by atoms with Crippen molar-refractivity contribution < 1.29 is 0 Å². The standard InChI is InChI=1S/C8H16N2/c1-8(9)4-5-10(6-8)7-2-3-7/h7H,2-6,9H2,1H3. The topological polar surface area (TPSA) is 29.3 Å². The Morgan fingerprint density at radius 2 is 2.20 bits per heavy atom. The van der Waals surface area contributed by atoms with Crippen LogP contribution in [0.1, 0.15) is 26.2 Å². The maximum absolute atomic E-state index is 5.99. The van der Waals surface area contributed by atoms with Crippen LogP contribution in [0.2, 0.25) is 0 Å². The summed E-state index contributed by atoms with van der Waals surface area (Å²) in [7, 11) is 0. The molecule has 58 valence electrons. The van der Waals surface area contributed by atoms with Crippen LogP contribution in [0, 0.1) is 0 Å². The fraction of sp³-hybridized carbons (Fsp3) is 1.00. The second-order valence-electron chi connectivity index (χ2n) is 4.11. The first-order valence-electron chi connectivity index (χ1n) is 4.20. The van der Waals surface area contributed by atoms with Gasteiger partial charge in [0.15, 0.2) is 0 Å². The molecular formula is C8H16N2. The Morgan fingerprint density at radius 1 is 1.50 bits per heavy atom. The lowest BCUT2D eigenvalue weighted by atomic mass is 10.0. The van der Waals surface area contributed by atoms with Crippen LogP contribution in [0.25, 0.3) is 0 Å². The van der Waals surface area contributed by atoms with E-state index in [1.165, 1.54) is 25.8 Å². The van der Waals surface area contributed by atoms with Crippen LogP contribution in [0.3, 0.4) is 0 Å². The molecule has 0 aromatic carbocycles. The Bertz CT molecular complexity index is 138. The van der Waals surface area contributed by atoms with E-state index in [2.05, 4.69) is 11.8 Å². The Balaban J connectivity index is 1.92. The molecule has 1 unspecified atom stereocenters. The van der Waals surface area contributed by atoms with Crippen molar-refractivity contribution in [2.75, 3.05) is 13.1 Å². The molecule has 1 saturated heterocycles. The van der Waals surface area contributed by atoms with Gasteiger partial charge in [0, 0.05) is 24.7 Å².